The van der Waals surface area contributed by atoms with Crippen molar-refractivity contribution in [2.75, 3.05) is 19.0 Å². The molecular weight excluding hydrogens is 324 g/mol. The lowest BCUT2D eigenvalue weighted by atomic mass is 10.4. The van der Waals surface area contributed by atoms with Crippen molar-refractivity contribution in [2.24, 2.45) is 0 Å². The van der Waals surface area contributed by atoms with Crippen molar-refractivity contribution in [3.05, 3.63) is 29.3 Å². The first kappa shape index (κ1) is 14.5. The fourth-order valence-corrected chi connectivity index (χ4v) is 1.89. The number of pyridine rings is 1. The van der Waals surface area contributed by atoms with E-state index < -0.39 is 0 Å². The maximum atomic E-state index is 5.69. The van der Waals surface area contributed by atoms with Crippen molar-refractivity contribution in [3.63, 3.8) is 0 Å². The van der Waals surface area contributed by atoms with E-state index >= 15 is 0 Å². The minimum absolute atomic E-state index is 0.348. The summed E-state index contributed by atoms with van der Waals surface area (Å²) in [4.78, 5) is 12.3. The molecule has 0 unspecified atom stereocenters. The second-order valence-corrected chi connectivity index (χ2v) is 4.84. The molecule has 0 amide bonds. The van der Waals surface area contributed by atoms with Crippen LogP contribution < -0.4 is 14.8 Å². The van der Waals surface area contributed by atoms with Gasteiger partial charge in [-0.3, -0.25) is 4.98 Å². The standard InChI is InChI=1S/C13H15BrN4O2/c1-3-4-16-12-11(19-2)13(18-8-17-12)20-10-5-9(14)6-15-7-10/h5-8H,3-4H2,1-2H3,(H,16,17,18). The van der Waals surface area contributed by atoms with Crippen LogP contribution >= 0.6 is 15.9 Å². The van der Waals surface area contributed by atoms with Gasteiger partial charge in [-0.05, 0) is 28.4 Å². The lowest BCUT2D eigenvalue weighted by molar-refractivity contribution is 0.368. The summed E-state index contributed by atoms with van der Waals surface area (Å²) in [6.07, 6.45) is 5.70. The Morgan fingerprint density at radius 3 is 2.85 bits per heavy atom. The molecule has 106 valence electrons. The van der Waals surface area contributed by atoms with Crippen LogP contribution in [0, 0.1) is 0 Å². The number of hydrogen-bond donors (Lipinski definition) is 1. The molecule has 0 atom stereocenters. The third-order valence-corrected chi connectivity index (χ3v) is 2.85. The molecule has 0 radical (unpaired) electrons. The average Bonchev–Trinajstić information content (AvgIpc) is 2.45. The highest BCUT2D eigenvalue weighted by molar-refractivity contribution is 9.10. The predicted octanol–water partition coefficient (Wildman–Crippen LogP) is 3.26. The first-order chi connectivity index (χ1) is 9.74. The van der Waals surface area contributed by atoms with E-state index in [2.05, 4.69) is 43.1 Å². The Kier molecular flexibility index (Phi) is 5.11. The molecule has 2 aromatic heterocycles. The Bertz CT molecular complexity index is 580. The van der Waals surface area contributed by atoms with Crippen LogP contribution in [0.25, 0.3) is 0 Å². The van der Waals surface area contributed by atoms with Crippen LogP contribution in [0.1, 0.15) is 13.3 Å². The molecule has 0 aromatic carbocycles. The molecule has 0 aliphatic rings. The van der Waals surface area contributed by atoms with Crippen molar-refractivity contribution in [2.45, 2.75) is 13.3 Å². The normalized spacial score (nSPS) is 10.2. The fourth-order valence-electron chi connectivity index (χ4n) is 1.54. The smallest absolute Gasteiger partial charge is 0.268 e. The zero-order valence-electron chi connectivity index (χ0n) is 11.3. The maximum absolute atomic E-state index is 5.69. The quantitative estimate of drug-likeness (QED) is 0.871. The summed E-state index contributed by atoms with van der Waals surface area (Å²) in [6, 6.07) is 1.80. The highest BCUT2D eigenvalue weighted by atomic mass is 79.9. The first-order valence-electron chi connectivity index (χ1n) is 6.15. The van der Waals surface area contributed by atoms with Crippen LogP contribution in [-0.4, -0.2) is 28.6 Å². The van der Waals surface area contributed by atoms with Crippen LogP contribution in [0.4, 0.5) is 5.82 Å². The highest BCUT2D eigenvalue weighted by Crippen LogP contribution is 2.34. The fraction of sp³-hybridized carbons (Fsp3) is 0.308. The summed E-state index contributed by atoms with van der Waals surface area (Å²) in [6.45, 7) is 2.87. The van der Waals surface area contributed by atoms with Crippen molar-refractivity contribution >= 4 is 21.7 Å². The number of rotatable bonds is 6. The van der Waals surface area contributed by atoms with Crippen molar-refractivity contribution < 1.29 is 9.47 Å². The van der Waals surface area contributed by atoms with E-state index in [1.54, 1.807) is 25.6 Å². The number of nitrogens with one attached hydrogen (secondary N) is 1. The molecule has 6 nitrogen and oxygen atoms in total. The van der Waals surface area contributed by atoms with Crippen molar-refractivity contribution in [1.29, 1.82) is 0 Å². The number of ether oxygens (including phenoxy) is 2. The van der Waals surface area contributed by atoms with E-state index in [0.717, 1.165) is 17.4 Å². The number of anilines is 1. The van der Waals surface area contributed by atoms with Gasteiger partial charge in [0.2, 0.25) is 5.75 Å². The molecule has 1 N–H and O–H groups in total. The first-order valence-corrected chi connectivity index (χ1v) is 6.95. The molecule has 0 aliphatic carbocycles. The van der Waals surface area contributed by atoms with E-state index in [9.17, 15) is 0 Å². The topological polar surface area (TPSA) is 69.2 Å². The molecule has 0 bridgehead atoms. The summed E-state index contributed by atoms with van der Waals surface area (Å²) < 4.78 is 11.9. The summed E-state index contributed by atoms with van der Waals surface area (Å²) in [7, 11) is 1.56. The van der Waals surface area contributed by atoms with Gasteiger partial charge in [0.1, 0.15) is 12.1 Å². The molecule has 0 spiro atoms. The monoisotopic (exact) mass is 338 g/mol. The van der Waals surface area contributed by atoms with Gasteiger partial charge in [0.05, 0.1) is 13.3 Å². The number of aromatic nitrogens is 3. The molecule has 0 aliphatic heterocycles. The van der Waals surface area contributed by atoms with E-state index in [0.29, 0.717) is 23.2 Å². The third-order valence-electron chi connectivity index (χ3n) is 2.41. The van der Waals surface area contributed by atoms with Crippen molar-refractivity contribution in [1.82, 2.24) is 15.0 Å². The lowest BCUT2D eigenvalue weighted by Gasteiger charge is -2.12. The number of nitrogens with zero attached hydrogens (tertiary/aromatic N) is 3. The Labute approximate surface area is 125 Å². The van der Waals surface area contributed by atoms with Crippen LogP contribution in [0.3, 0.4) is 0 Å². The maximum Gasteiger partial charge on any atom is 0.268 e. The van der Waals surface area contributed by atoms with E-state index in [-0.39, 0.29) is 0 Å². The third kappa shape index (κ3) is 3.57. The number of hydrogen-bond acceptors (Lipinski definition) is 6. The van der Waals surface area contributed by atoms with E-state index in [4.69, 9.17) is 9.47 Å². The second-order valence-electron chi connectivity index (χ2n) is 3.93. The zero-order valence-corrected chi connectivity index (χ0v) is 12.8. The van der Waals surface area contributed by atoms with Gasteiger partial charge in [0.25, 0.3) is 5.88 Å². The molecule has 0 fully saturated rings. The Balaban J connectivity index is 2.26. The van der Waals surface area contributed by atoms with Gasteiger partial charge in [0, 0.05) is 17.2 Å². The Morgan fingerprint density at radius 1 is 1.30 bits per heavy atom. The van der Waals surface area contributed by atoms with Gasteiger partial charge in [-0.25, -0.2) is 4.98 Å². The average molecular weight is 339 g/mol. The summed E-state index contributed by atoms with van der Waals surface area (Å²) in [5, 5.41) is 3.17. The summed E-state index contributed by atoms with van der Waals surface area (Å²) in [5.74, 6) is 2.00. The number of halogens is 1. The van der Waals surface area contributed by atoms with Crippen molar-refractivity contribution in [3.8, 4) is 17.4 Å². The highest BCUT2D eigenvalue weighted by Gasteiger charge is 2.14. The van der Waals surface area contributed by atoms with Gasteiger partial charge in [-0.15, -0.1) is 0 Å². The van der Waals surface area contributed by atoms with E-state index in [1.165, 1.54) is 6.33 Å². The molecule has 0 saturated heterocycles. The van der Waals surface area contributed by atoms with Gasteiger partial charge < -0.3 is 14.8 Å². The molecule has 2 heterocycles. The predicted molar refractivity (Wildman–Crippen MR) is 79.4 cm³/mol. The Hall–Kier alpha value is -1.89. The molecule has 7 heteroatoms. The molecule has 0 saturated carbocycles. The van der Waals surface area contributed by atoms with Gasteiger partial charge in [-0.2, -0.15) is 4.98 Å². The van der Waals surface area contributed by atoms with Crippen LogP contribution in [0.15, 0.2) is 29.3 Å². The molecule has 2 aromatic rings. The number of methoxy groups -OCH3 is 1. The van der Waals surface area contributed by atoms with Crippen LogP contribution in [0.5, 0.6) is 17.4 Å². The molecule has 2 rings (SSSR count). The van der Waals surface area contributed by atoms with E-state index in [1.807, 2.05) is 0 Å². The SMILES string of the molecule is CCCNc1ncnc(Oc2cncc(Br)c2)c1OC. The minimum Gasteiger partial charge on any atom is -0.489 e. The lowest BCUT2D eigenvalue weighted by Crippen LogP contribution is -2.05. The van der Waals surface area contributed by atoms with Crippen LogP contribution in [0.2, 0.25) is 0 Å². The zero-order chi connectivity index (χ0) is 14.4. The molecular formula is C13H15BrN4O2. The van der Waals surface area contributed by atoms with Gasteiger partial charge >= 0.3 is 0 Å². The largest absolute Gasteiger partial charge is 0.489 e. The molecule has 20 heavy (non-hydrogen) atoms. The van der Waals surface area contributed by atoms with Gasteiger partial charge in [0.15, 0.2) is 5.82 Å². The van der Waals surface area contributed by atoms with Gasteiger partial charge in [-0.1, -0.05) is 6.92 Å². The summed E-state index contributed by atoms with van der Waals surface area (Å²) in [5.41, 5.74) is 0. The van der Waals surface area contributed by atoms with Crippen LogP contribution in [-0.2, 0) is 0 Å². The summed E-state index contributed by atoms with van der Waals surface area (Å²) >= 11 is 3.34. The Morgan fingerprint density at radius 2 is 2.15 bits per heavy atom. The minimum atomic E-state index is 0.348. The second kappa shape index (κ2) is 7.04.